The van der Waals surface area contributed by atoms with Crippen LogP contribution in [0.5, 0.6) is 5.75 Å². The molecule has 1 amide bonds. The van der Waals surface area contributed by atoms with E-state index in [-0.39, 0.29) is 5.57 Å². The number of rotatable bonds is 6. The van der Waals surface area contributed by atoms with Crippen LogP contribution in [0.1, 0.15) is 26.3 Å². The largest absolute Gasteiger partial charge is 0.503 e. The van der Waals surface area contributed by atoms with Gasteiger partial charge in [-0.25, -0.2) is 4.98 Å². The van der Waals surface area contributed by atoms with Crippen LogP contribution in [0.3, 0.4) is 0 Å². The summed E-state index contributed by atoms with van der Waals surface area (Å²) in [5.41, 5.74) is 2.10. The number of carbonyl (C=O) groups is 2. The summed E-state index contributed by atoms with van der Waals surface area (Å²) in [6, 6.07) is 19.6. The van der Waals surface area contributed by atoms with Crippen LogP contribution in [-0.4, -0.2) is 28.9 Å². The van der Waals surface area contributed by atoms with Gasteiger partial charge in [0.2, 0.25) is 5.78 Å². The zero-order chi connectivity index (χ0) is 23.8. The number of hydrogen-bond acceptors (Lipinski definition) is 7. The monoisotopic (exact) mass is 488 g/mol. The lowest BCUT2D eigenvalue weighted by Crippen LogP contribution is -2.30. The van der Waals surface area contributed by atoms with Gasteiger partial charge in [0.25, 0.3) is 5.91 Å². The van der Waals surface area contributed by atoms with Gasteiger partial charge in [0.1, 0.15) is 16.8 Å². The summed E-state index contributed by atoms with van der Waals surface area (Å²) in [6.07, 6.45) is 0. The number of methoxy groups -OCH3 is 1. The number of aliphatic hydroxyl groups excluding tert-OH is 1. The zero-order valence-corrected chi connectivity index (χ0v) is 20.0. The van der Waals surface area contributed by atoms with E-state index < -0.39 is 23.5 Å². The van der Waals surface area contributed by atoms with Gasteiger partial charge in [0, 0.05) is 16.1 Å². The summed E-state index contributed by atoms with van der Waals surface area (Å²) >= 11 is 2.69. The topological polar surface area (TPSA) is 79.7 Å². The second-order valence-electron chi connectivity index (χ2n) is 7.68. The lowest BCUT2D eigenvalue weighted by molar-refractivity contribution is -0.117. The molecule has 1 N–H and O–H groups in total. The van der Waals surface area contributed by atoms with E-state index in [4.69, 9.17) is 4.74 Å². The molecule has 0 spiro atoms. The second kappa shape index (κ2) is 8.89. The van der Waals surface area contributed by atoms with Crippen LogP contribution in [0, 0.1) is 6.92 Å². The fourth-order valence-electron chi connectivity index (χ4n) is 4.00. The van der Waals surface area contributed by atoms with E-state index in [2.05, 4.69) is 4.98 Å². The van der Waals surface area contributed by atoms with Gasteiger partial charge in [0.15, 0.2) is 5.76 Å². The lowest BCUT2D eigenvalue weighted by atomic mass is 10.00. The number of amides is 1. The van der Waals surface area contributed by atoms with E-state index in [0.717, 1.165) is 10.4 Å². The van der Waals surface area contributed by atoms with Crippen LogP contribution in [-0.2, 0) is 4.79 Å². The van der Waals surface area contributed by atoms with E-state index in [1.54, 1.807) is 38.3 Å². The molecule has 3 heterocycles. The number of ketones is 1. The molecule has 0 saturated carbocycles. The van der Waals surface area contributed by atoms with Crippen molar-refractivity contribution in [2.24, 2.45) is 0 Å². The van der Waals surface area contributed by atoms with E-state index in [1.807, 2.05) is 47.8 Å². The summed E-state index contributed by atoms with van der Waals surface area (Å²) in [5, 5.41) is 13.5. The van der Waals surface area contributed by atoms with E-state index in [0.29, 0.717) is 27.0 Å². The maximum atomic E-state index is 13.8. The number of thiophene rings is 1. The third kappa shape index (κ3) is 3.70. The molecule has 0 aliphatic carbocycles. The van der Waals surface area contributed by atoms with Gasteiger partial charge >= 0.3 is 0 Å². The first-order valence-corrected chi connectivity index (χ1v) is 12.2. The fourth-order valence-corrected chi connectivity index (χ4v) is 5.85. The number of hydrogen-bond donors (Lipinski definition) is 1. The van der Waals surface area contributed by atoms with Gasteiger partial charge in [-0.2, -0.15) is 0 Å². The number of aryl methyl sites for hydroxylation is 1. The van der Waals surface area contributed by atoms with Crippen LogP contribution in [0.2, 0.25) is 0 Å². The summed E-state index contributed by atoms with van der Waals surface area (Å²) in [4.78, 5) is 34.3. The predicted molar refractivity (Wildman–Crippen MR) is 134 cm³/mol. The maximum absolute atomic E-state index is 13.8. The number of thiazole rings is 1. The highest BCUT2D eigenvalue weighted by Crippen LogP contribution is 2.44. The van der Waals surface area contributed by atoms with Gasteiger partial charge < -0.3 is 9.84 Å². The molecule has 4 aromatic rings. The minimum atomic E-state index is -0.741. The molecular weight excluding hydrogens is 468 g/mol. The standard InChI is InChI=1S/C26H20N2O4S2/c1-15-24(34-25(27-15)16-7-4-3-5-8-16)22(29)20-21(19-9-6-14-33-19)28(26(31)23(20)30)17-10-12-18(32-2)13-11-17/h3-14,21,30H,1-2H3. The maximum Gasteiger partial charge on any atom is 0.294 e. The summed E-state index contributed by atoms with van der Waals surface area (Å²) in [6.45, 7) is 1.77. The number of ether oxygens (including phenoxy) is 1. The number of nitrogens with zero attached hydrogens (tertiary/aromatic N) is 2. The molecule has 170 valence electrons. The zero-order valence-electron chi connectivity index (χ0n) is 18.4. The molecule has 0 fully saturated rings. The molecule has 0 bridgehead atoms. The average Bonchev–Trinajstić information content (AvgIpc) is 3.59. The summed E-state index contributed by atoms with van der Waals surface area (Å²) < 4.78 is 5.23. The Morgan fingerprint density at radius 1 is 1.06 bits per heavy atom. The van der Waals surface area contributed by atoms with Gasteiger partial charge in [-0.05, 0) is 42.6 Å². The van der Waals surface area contributed by atoms with E-state index in [9.17, 15) is 14.7 Å². The highest BCUT2D eigenvalue weighted by atomic mass is 32.1. The number of Topliss-reactive ketones (excluding diaryl/α,β-unsaturated/α-hetero) is 1. The molecule has 5 rings (SSSR count). The lowest BCUT2D eigenvalue weighted by Gasteiger charge is -2.25. The van der Waals surface area contributed by atoms with Crippen molar-refractivity contribution in [1.82, 2.24) is 4.98 Å². The van der Waals surface area contributed by atoms with Crippen molar-refractivity contribution in [3.8, 4) is 16.3 Å². The first kappa shape index (κ1) is 22.1. The Kier molecular flexibility index (Phi) is 5.77. The summed E-state index contributed by atoms with van der Waals surface area (Å²) in [5.74, 6) is -0.895. The smallest absolute Gasteiger partial charge is 0.294 e. The minimum Gasteiger partial charge on any atom is -0.503 e. The highest BCUT2D eigenvalue weighted by molar-refractivity contribution is 7.17. The minimum absolute atomic E-state index is 0.0645. The SMILES string of the molecule is COc1ccc(N2C(=O)C(O)=C(C(=O)c3sc(-c4ccccc4)nc3C)C2c2cccs2)cc1. The third-order valence-corrected chi connectivity index (χ3v) is 7.77. The Bertz CT molecular complexity index is 1390. The molecule has 1 aliphatic heterocycles. The predicted octanol–water partition coefficient (Wildman–Crippen LogP) is 5.97. The van der Waals surface area contributed by atoms with Gasteiger partial charge in [-0.1, -0.05) is 36.4 Å². The Balaban J connectivity index is 1.59. The molecular formula is C26H20N2O4S2. The molecule has 8 heteroatoms. The average molecular weight is 489 g/mol. The number of aromatic nitrogens is 1. The molecule has 0 radical (unpaired) electrons. The number of benzene rings is 2. The second-order valence-corrected chi connectivity index (χ2v) is 9.66. The van der Waals surface area contributed by atoms with Crippen molar-refractivity contribution in [3.05, 3.63) is 98.9 Å². The quantitative estimate of drug-likeness (QED) is 0.338. The van der Waals surface area contributed by atoms with Crippen molar-refractivity contribution < 1.29 is 19.4 Å². The van der Waals surface area contributed by atoms with Crippen molar-refractivity contribution in [1.29, 1.82) is 0 Å². The molecule has 1 unspecified atom stereocenters. The van der Waals surface area contributed by atoms with E-state index in [1.165, 1.54) is 27.6 Å². The van der Waals surface area contributed by atoms with Crippen LogP contribution in [0.4, 0.5) is 5.69 Å². The van der Waals surface area contributed by atoms with Crippen LogP contribution >= 0.6 is 22.7 Å². The molecule has 2 aromatic carbocycles. The van der Waals surface area contributed by atoms with Crippen molar-refractivity contribution in [2.45, 2.75) is 13.0 Å². The van der Waals surface area contributed by atoms with Crippen molar-refractivity contribution >= 4 is 40.1 Å². The molecule has 34 heavy (non-hydrogen) atoms. The van der Waals surface area contributed by atoms with Gasteiger partial charge in [-0.3, -0.25) is 14.5 Å². The van der Waals surface area contributed by atoms with Gasteiger partial charge in [0.05, 0.1) is 23.3 Å². The van der Waals surface area contributed by atoms with E-state index >= 15 is 0 Å². The van der Waals surface area contributed by atoms with Gasteiger partial charge in [-0.15, -0.1) is 22.7 Å². The Morgan fingerprint density at radius 2 is 1.79 bits per heavy atom. The Labute approximate surface area is 204 Å². The fraction of sp³-hybridized carbons (Fsp3) is 0.115. The first-order chi connectivity index (χ1) is 16.5. The molecule has 1 atom stereocenters. The molecule has 0 saturated heterocycles. The normalized spacial score (nSPS) is 15.8. The third-order valence-electron chi connectivity index (χ3n) is 5.64. The van der Waals surface area contributed by atoms with Crippen LogP contribution in [0.15, 0.2) is 83.4 Å². The van der Waals surface area contributed by atoms with Crippen molar-refractivity contribution in [3.63, 3.8) is 0 Å². The number of anilines is 1. The van der Waals surface area contributed by atoms with Crippen molar-refractivity contribution in [2.75, 3.05) is 12.0 Å². The first-order valence-electron chi connectivity index (χ1n) is 10.5. The Hall–Kier alpha value is -3.75. The highest BCUT2D eigenvalue weighted by Gasteiger charge is 2.45. The number of aliphatic hydroxyl groups is 1. The van der Waals surface area contributed by atoms with Crippen LogP contribution in [0.25, 0.3) is 10.6 Å². The Morgan fingerprint density at radius 3 is 2.44 bits per heavy atom. The molecule has 2 aromatic heterocycles. The van der Waals surface area contributed by atoms with Crippen LogP contribution < -0.4 is 9.64 Å². The molecule has 6 nitrogen and oxygen atoms in total. The summed E-state index contributed by atoms with van der Waals surface area (Å²) in [7, 11) is 1.57. The molecule has 1 aliphatic rings. The number of carbonyl (C=O) groups excluding carboxylic acids is 2.